The maximum absolute atomic E-state index is 12.7. The second-order valence-electron chi connectivity index (χ2n) is 10.7. The highest BCUT2D eigenvalue weighted by atomic mass is 79.9. The molecule has 0 atom stereocenters. The van der Waals surface area contributed by atoms with E-state index in [1.165, 1.54) is 0 Å². The number of carbonyl (C=O) groups is 2. The first-order chi connectivity index (χ1) is 17.0. The Balaban J connectivity index is 0.00000361. The summed E-state index contributed by atoms with van der Waals surface area (Å²) in [5.74, 6) is 1.81. The molecule has 0 saturated carbocycles. The Bertz CT molecular complexity index is 1090. The number of thiol groups is 2. The number of halogens is 2. The molecule has 0 aliphatic heterocycles. The van der Waals surface area contributed by atoms with Gasteiger partial charge in [-0.2, -0.15) is 25.3 Å². The number of ketones is 2. The molecule has 4 nitrogen and oxygen atoms in total. The molecule has 0 aliphatic rings. The van der Waals surface area contributed by atoms with Crippen molar-refractivity contribution in [1.82, 2.24) is 0 Å². The van der Waals surface area contributed by atoms with E-state index in [0.29, 0.717) is 22.1 Å². The average molecular weight is 683 g/mol. The van der Waals surface area contributed by atoms with Crippen molar-refractivity contribution >= 4 is 36.8 Å². The van der Waals surface area contributed by atoms with Gasteiger partial charge in [0.25, 0.3) is 0 Å². The first kappa shape index (κ1) is 34.6. The molecule has 3 aromatic carbocycles. The smallest absolute Gasteiger partial charge is 0.216 e. The summed E-state index contributed by atoms with van der Waals surface area (Å²) < 4.78 is 1.27. The quantitative estimate of drug-likeness (QED) is 0.152. The minimum Gasteiger partial charge on any atom is -1.00 e. The second-order valence-corrected chi connectivity index (χ2v) is 11.6. The molecule has 0 heterocycles. The van der Waals surface area contributed by atoms with Gasteiger partial charge in [0.05, 0.1) is 41.3 Å². The Labute approximate surface area is 260 Å². The van der Waals surface area contributed by atoms with E-state index in [-0.39, 0.29) is 45.5 Å². The van der Waals surface area contributed by atoms with Gasteiger partial charge in [0.1, 0.15) is 13.1 Å². The predicted molar refractivity (Wildman–Crippen MR) is 157 cm³/mol. The van der Waals surface area contributed by atoms with Crippen LogP contribution >= 0.6 is 25.3 Å². The number of benzene rings is 3. The summed E-state index contributed by atoms with van der Waals surface area (Å²) in [6.07, 6.45) is 0. The Kier molecular flexibility index (Phi) is 14.0. The van der Waals surface area contributed by atoms with Gasteiger partial charge >= 0.3 is 0 Å². The van der Waals surface area contributed by atoms with Crippen molar-refractivity contribution in [2.75, 3.05) is 65.9 Å². The van der Waals surface area contributed by atoms with Crippen LogP contribution < -0.4 is 34.0 Å². The SMILES string of the molecule is C[N+](C)(CCS)CC(=O)c1ccc(-c2ccc(-c3ccc(C(=O)C[N+](C)(C)CCS)cc3)cc2)cc1.[Br-].[Br-]. The van der Waals surface area contributed by atoms with Crippen LogP contribution in [0.2, 0.25) is 0 Å². The summed E-state index contributed by atoms with van der Waals surface area (Å²) >= 11 is 8.59. The van der Waals surface area contributed by atoms with E-state index >= 15 is 0 Å². The van der Waals surface area contributed by atoms with E-state index in [2.05, 4.69) is 77.7 Å². The number of nitrogens with zero attached hydrogens (tertiary/aromatic N) is 2. The van der Waals surface area contributed by atoms with Gasteiger partial charge in [0, 0.05) is 22.6 Å². The maximum Gasteiger partial charge on any atom is 0.216 e. The Morgan fingerprint density at radius 1 is 0.526 bits per heavy atom. The summed E-state index contributed by atoms with van der Waals surface area (Å²) in [4.78, 5) is 25.4. The van der Waals surface area contributed by atoms with Crippen LogP contribution in [0.5, 0.6) is 0 Å². The number of quaternary nitrogens is 2. The normalized spacial score (nSPS) is 11.3. The molecule has 0 amide bonds. The third-order valence-corrected chi connectivity index (χ3v) is 6.92. The zero-order valence-corrected chi connectivity index (χ0v) is 27.5. The molecule has 0 radical (unpaired) electrons. The standard InChI is InChI=1S/C30H36N2O2S2.2BrH/c1-31(2,17-19-35)21-29(33)27-13-9-25(10-14-27)23-5-7-24(8-6-23)26-11-15-28(16-12-26)30(34)22-32(3,4)18-20-36;;/h5-16H,17-22H2,1-4H3;2*1H. The van der Waals surface area contributed by atoms with Crippen LogP contribution in [0.4, 0.5) is 0 Å². The zero-order chi connectivity index (χ0) is 26.3. The average Bonchev–Trinajstić information content (AvgIpc) is 2.83. The van der Waals surface area contributed by atoms with E-state index in [0.717, 1.165) is 58.0 Å². The van der Waals surface area contributed by atoms with Crippen molar-refractivity contribution < 1.29 is 52.5 Å². The van der Waals surface area contributed by atoms with Crippen LogP contribution in [0.15, 0.2) is 72.8 Å². The second kappa shape index (κ2) is 15.4. The molecule has 0 fully saturated rings. The topological polar surface area (TPSA) is 34.1 Å². The fraction of sp³-hybridized carbons (Fsp3) is 0.333. The summed E-state index contributed by atoms with van der Waals surface area (Å²) in [5.41, 5.74) is 5.82. The molecule has 38 heavy (non-hydrogen) atoms. The molecule has 0 saturated heterocycles. The molecule has 3 aromatic rings. The Morgan fingerprint density at radius 2 is 0.763 bits per heavy atom. The molecule has 0 N–H and O–H groups in total. The molecule has 0 spiro atoms. The van der Waals surface area contributed by atoms with Gasteiger partial charge in [-0.15, -0.1) is 0 Å². The number of hydrogen-bond acceptors (Lipinski definition) is 4. The monoisotopic (exact) mass is 680 g/mol. The zero-order valence-electron chi connectivity index (χ0n) is 22.5. The highest BCUT2D eigenvalue weighted by Gasteiger charge is 2.21. The molecule has 8 heteroatoms. The lowest BCUT2D eigenvalue weighted by atomic mass is 9.98. The first-order valence-corrected chi connectivity index (χ1v) is 13.5. The molecule has 0 aliphatic carbocycles. The highest BCUT2D eigenvalue weighted by Crippen LogP contribution is 2.26. The molecule has 3 rings (SSSR count). The maximum atomic E-state index is 12.7. The Morgan fingerprint density at radius 3 is 1.00 bits per heavy atom. The number of carbonyl (C=O) groups excluding carboxylic acids is 2. The fourth-order valence-electron chi connectivity index (χ4n) is 4.21. The number of Topliss-reactive ketones (excluding diaryl/α,β-unsaturated/α-hetero) is 2. The van der Waals surface area contributed by atoms with Gasteiger partial charge in [-0.1, -0.05) is 72.8 Å². The van der Waals surface area contributed by atoms with Gasteiger partial charge in [-0.3, -0.25) is 9.59 Å². The molecule has 0 aromatic heterocycles. The molecule has 206 valence electrons. The summed E-state index contributed by atoms with van der Waals surface area (Å²) in [6, 6.07) is 24.1. The van der Waals surface area contributed by atoms with Gasteiger partial charge in [-0.25, -0.2) is 0 Å². The lowest BCUT2D eigenvalue weighted by Gasteiger charge is -2.28. The van der Waals surface area contributed by atoms with Crippen LogP contribution in [-0.2, 0) is 0 Å². The largest absolute Gasteiger partial charge is 1.00 e. The first-order valence-electron chi connectivity index (χ1n) is 12.3. The van der Waals surface area contributed by atoms with E-state index in [4.69, 9.17) is 0 Å². The van der Waals surface area contributed by atoms with E-state index in [9.17, 15) is 9.59 Å². The molecule has 0 bridgehead atoms. The number of likely N-dealkylation sites (N-methyl/N-ethyl adjacent to an activating group) is 2. The fourth-order valence-corrected chi connectivity index (χ4v) is 5.29. The molecular weight excluding hydrogens is 644 g/mol. The minimum absolute atomic E-state index is 0. The van der Waals surface area contributed by atoms with Crippen molar-refractivity contribution in [3.8, 4) is 22.3 Å². The predicted octanol–water partition coefficient (Wildman–Crippen LogP) is -0.594. The van der Waals surface area contributed by atoms with Crippen molar-refractivity contribution in [2.45, 2.75) is 0 Å². The van der Waals surface area contributed by atoms with Crippen LogP contribution in [-0.4, -0.2) is 86.4 Å². The van der Waals surface area contributed by atoms with E-state index in [1.54, 1.807) is 0 Å². The Hall–Kier alpha value is -1.42. The van der Waals surface area contributed by atoms with Crippen LogP contribution in [0.3, 0.4) is 0 Å². The third-order valence-electron chi connectivity index (χ3n) is 6.52. The molecular formula is C30H38Br2N2O2S2. The van der Waals surface area contributed by atoms with Gasteiger partial charge in [0.2, 0.25) is 11.6 Å². The third kappa shape index (κ3) is 9.96. The lowest BCUT2D eigenvalue weighted by Crippen LogP contribution is -3.00. The molecule has 0 unspecified atom stereocenters. The van der Waals surface area contributed by atoms with Gasteiger partial charge < -0.3 is 42.9 Å². The van der Waals surface area contributed by atoms with Crippen molar-refractivity contribution in [3.63, 3.8) is 0 Å². The summed E-state index contributed by atoms with van der Waals surface area (Å²) in [5, 5.41) is 0. The minimum atomic E-state index is 0. The van der Waals surface area contributed by atoms with Crippen LogP contribution in [0, 0.1) is 0 Å². The lowest BCUT2D eigenvalue weighted by molar-refractivity contribution is -0.879. The van der Waals surface area contributed by atoms with Crippen molar-refractivity contribution in [2.24, 2.45) is 0 Å². The van der Waals surface area contributed by atoms with Crippen LogP contribution in [0.25, 0.3) is 22.3 Å². The van der Waals surface area contributed by atoms with Crippen molar-refractivity contribution in [1.29, 1.82) is 0 Å². The van der Waals surface area contributed by atoms with E-state index < -0.39 is 0 Å². The number of rotatable bonds is 12. The summed E-state index contributed by atoms with van der Waals surface area (Å²) in [7, 11) is 8.22. The van der Waals surface area contributed by atoms with Crippen molar-refractivity contribution in [3.05, 3.63) is 83.9 Å². The highest BCUT2D eigenvalue weighted by molar-refractivity contribution is 7.80. The van der Waals surface area contributed by atoms with Gasteiger partial charge in [0.15, 0.2) is 0 Å². The summed E-state index contributed by atoms with van der Waals surface area (Å²) in [6.45, 7) is 2.63. The van der Waals surface area contributed by atoms with Gasteiger partial charge in [-0.05, 0) is 22.3 Å². The van der Waals surface area contributed by atoms with E-state index in [1.807, 2.05) is 48.5 Å². The number of hydrogen-bond donors (Lipinski definition) is 2. The van der Waals surface area contributed by atoms with Crippen LogP contribution in [0.1, 0.15) is 20.7 Å².